The van der Waals surface area contributed by atoms with E-state index in [1.807, 2.05) is 43.3 Å². The Morgan fingerprint density at radius 2 is 2.00 bits per heavy atom. The number of hydrogen-bond donors (Lipinski definition) is 1. The number of rotatable bonds is 11. The molecule has 1 aromatic rings. The first kappa shape index (κ1) is 22.4. The molecule has 0 spiro atoms. The van der Waals surface area contributed by atoms with E-state index in [0.717, 1.165) is 11.6 Å². The fourth-order valence-corrected chi connectivity index (χ4v) is 1.97. The molecule has 0 aromatic heterocycles. The highest BCUT2D eigenvalue weighted by atomic mass is 16.6. The standard InChI is InChI=1S/C21H24N2O5/c1-4-19(28-16-18-10-6-5-7-11-18)12-9-15-22-17(2)20(23(25)26)13-8-14-21(24)27-3/h4-14,22H,2,15-16H2,1,3H3/b12-9-,14-8+,19-4+,20-13+. The lowest BCUT2D eigenvalue weighted by molar-refractivity contribution is -0.421. The Morgan fingerprint density at radius 3 is 2.61 bits per heavy atom. The van der Waals surface area contributed by atoms with Crippen molar-refractivity contribution in [2.45, 2.75) is 13.5 Å². The largest absolute Gasteiger partial charge is 0.489 e. The summed E-state index contributed by atoms with van der Waals surface area (Å²) in [5, 5.41) is 14.0. The predicted molar refractivity (Wildman–Crippen MR) is 108 cm³/mol. The molecule has 148 valence electrons. The Hall–Kier alpha value is -3.61. The molecule has 7 heteroatoms. The number of nitrogens with one attached hydrogen (secondary N) is 1. The lowest BCUT2D eigenvalue weighted by Crippen LogP contribution is -2.17. The number of nitro groups is 1. The first-order valence-corrected chi connectivity index (χ1v) is 8.51. The van der Waals surface area contributed by atoms with Crippen molar-refractivity contribution >= 4 is 5.97 Å². The number of benzene rings is 1. The molecule has 0 aliphatic heterocycles. The zero-order valence-electron chi connectivity index (χ0n) is 16.0. The third-order valence-corrected chi connectivity index (χ3v) is 3.44. The van der Waals surface area contributed by atoms with Crippen molar-refractivity contribution < 1.29 is 19.2 Å². The Labute approximate surface area is 164 Å². The highest BCUT2D eigenvalue weighted by Crippen LogP contribution is 2.08. The second-order valence-electron chi connectivity index (χ2n) is 5.42. The molecule has 0 aliphatic carbocycles. The molecule has 0 atom stereocenters. The Bertz CT molecular complexity index is 792. The van der Waals surface area contributed by atoms with E-state index in [1.165, 1.54) is 19.3 Å². The van der Waals surface area contributed by atoms with E-state index >= 15 is 0 Å². The smallest absolute Gasteiger partial charge is 0.330 e. The summed E-state index contributed by atoms with van der Waals surface area (Å²) in [6.07, 6.45) is 8.87. The van der Waals surface area contributed by atoms with Crippen molar-refractivity contribution in [1.29, 1.82) is 0 Å². The minimum Gasteiger partial charge on any atom is -0.489 e. The van der Waals surface area contributed by atoms with Crippen molar-refractivity contribution in [3.05, 3.63) is 106 Å². The van der Waals surface area contributed by atoms with Gasteiger partial charge in [0.05, 0.1) is 12.0 Å². The van der Waals surface area contributed by atoms with E-state index in [1.54, 1.807) is 12.2 Å². The van der Waals surface area contributed by atoms with Crippen LogP contribution in [0.25, 0.3) is 0 Å². The van der Waals surface area contributed by atoms with E-state index in [4.69, 9.17) is 4.74 Å². The molecule has 0 saturated carbocycles. The Balaban J connectivity index is 2.55. The quantitative estimate of drug-likeness (QED) is 0.156. The number of carbonyl (C=O) groups excluding carboxylic acids is 1. The van der Waals surface area contributed by atoms with Crippen LogP contribution >= 0.6 is 0 Å². The first-order valence-electron chi connectivity index (χ1n) is 8.51. The molecule has 28 heavy (non-hydrogen) atoms. The van der Waals surface area contributed by atoms with Crippen molar-refractivity contribution in [3.8, 4) is 0 Å². The number of allylic oxidation sites excluding steroid dienone is 4. The Morgan fingerprint density at radius 1 is 1.29 bits per heavy atom. The molecule has 1 rings (SSSR count). The maximum Gasteiger partial charge on any atom is 0.330 e. The van der Waals surface area contributed by atoms with Crippen LogP contribution in [0.4, 0.5) is 0 Å². The third kappa shape index (κ3) is 8.66. The molecular weight excluding hydrogens is 360 g/mol. The second kappa shape index (κ2) is 12.7. The maximum absolute atomic E-state index is 11.1. The topological polar surface area (TPSA) is 90.7 Å². The van der Waals surface area contributed by atoms with Crippen LogP contribution in [-0.2, 0) is 20.9 Å². The van der Waals surface area contributed by atoms with Crippen LogP contribution in [0.3, 0.4) is 0 Å². The lowest BCUT2D eigenvalue weighted by Gasteiger charge is -2.07. The van der Waals surface area contributed by atoms with Gasteiger partial charge in [-0.25, -0.2) is 4.79 Å². The molecule has 0 amide bonds. The van der Waals surface area contributed by atoms with E-state index in [9.17, 15) is 14.9 Å². The van der Waals surface area contributed by atoms with Gasteiger partial charge in [-0.15, -0.1) is 0 Å². The molecular formula is C21H24N2O5. The monoisotopic (exact) mass is 384 g/mol. The summed E-state index contributed by atoms with van der Waals surface area (Å²) in [6, 6.07) is 9.78. The Kier molecular flexibility index (Phi) is 10.2. The van der Waals surface area contributed by atoms with Gasteiger partial charge in [0.15, 0.2) is 0 Å². The third-order valence-electron chi connectivity index (χ3n) is 3.44. The van der Waals surface area contributed by atoms with Gasteiger partial charge in [0.25, 0.3) is 5.70 Å². The van der Waals surface area contributed by atoms with Crippen LogP contribution in [-0.4, -0.2) is 24.5 Å². The van der Waals surface area contributed by atoms with Crippen molar-refractivity contribution in [3.63, 3.8) is 0 Å². The van der Waals surface area contributed by atoms with Gasteiger partial charge >= 0.3 is 5.97 Å². The number of nitrogens with zero attached hydrogens (tertiary/aromatic N) is 1. The highest BCUT2D eigenvalue weighted by Gasteiger charge is 2.13. The number of carbonyl (C=O) groups is 1. The summed E-state index contributed by atoms with van der Waals surface area (Å²) >= 11 is 0. The molecule has 0 aliphatic rings. The van der Waals surface area contributed by atoms with E-state index in [2.05, 4.69) is 16.6 Å². The molecule has 0 fully saturated rings. The SMILES string of the molecule is C=C(NC/C=C\C(=C/C)OCc1ccccc1)/C(=C\C=C\C(=O)OC)[N+](=O)[O-]. The average Bonchev–Trinajstić information content (AvgIpc) is 2.70. The van der Waals surface area contributed by atoms with Gasteiger partial charge in [-0.2, -0.15) is 0 Å². The summed E-state index contributed by atoms with van der Waals surface area (Å²) in [4.78, 5) is 21.6. The molecule has 0 unspecified atom stereocenters. The van der Waals surface area contributed by atoms with Gasteiger partial charge in [0.1, 0.15) is 18.1 Å². The van der Waals surface area contributed by atoms with Gasteiger partial charge in [0, 0.05) is 18.7 Å². The summed E-state index contributed by atoms with van der Waals surface area (Å²) in [5.41, 5.74) is 0.930. The van der Waals surface area contributed by atoms with Crippen LogP contribution < -0.4 is 5.32 Å². The minimum absolute atomic E-state index is 0.122. The van der Waals surface area contributed by atoms with E-state index < -0.39 is 10.9 Å². The number of methoxy groups -OCH3 is 1. The number of ether oxygens (including phenoxy) is 2. The van der Waals surface area contributed by atoms with Gasteiger partial charge in [-0.3, -0.25) is 10.1 Å². The number of hydrogen-bond acceptors (Lipinski definition) is 6. The zero-order valence-corrected chi connectivity index (χ0v) is 16.0. The van der Waals surface area contributed by atoms with Crippen LogP contribution in [0.1, 0.15) is 12.5 Å². The van der Waals surface area contributed by atoms with E-state index in [-0.39, 0.29) is 11.4 Å². The van der Waals surface area contributed by atoms with Crippen LogP contribution in [0.5, 0.6) is 0 Å². The predicted octanol–water partition coefficient (Wildman–Crippen LogP) is 3.66. The fraction of sp³-hybridized carbons (Fsp3) is 0.190. The maximum atomic E-state index is 11.1. The molecule has 7 nitrogen and oxygen atoms in total. The summed E-state index contributed by atoms with van der Waals surface area (Å²) in [5.74, 6) is 0.0807. The molecule has 0 bridgehead atoms. The minimum atomic E-state index is -0.602. The van der Waals surface area contributed by atoms with Crippen LogP contribution in [0, 0.1) is 10.1 Å². The van der Waals surface area contributed by atoms with Gasteiger partial charge in [-0.1, -0.05) is 43.0 Å². The van der Waals surface area contributed by atoms with Crippen LogP contribution in [0.15, 0.2) is 90.5 Å². The number of esters is 1. The molecule has 0 radical (unpaired) electrons. The van der Waals surface area contributed by atoms with Gasteiger partial charge in [0.2, 0.25) is 0 Å². The summed E-state index contributed by atoms with van der Waals surface area (Å²) < 4.78 is 10.1. The fourth-order valence-electron chi connectivity index (χ4n) is 1.97. The second-order valence-corrected chi connectivity index (χ2v) is 5.42. The lowest BCUT2D eigenvalue weighted by atomic mass is 10.2. The van der Waals surface area contributed by atoms with Crippen molar-refractivity contribution in [2.24, 2.45) is 0 Å². The van der Waals surface area contributed by atoms with Gasteiger partial charge < -0.3 is 14.8 Å². The highest BCUT2D eigenvalue weighted by molar-refractivity contribution is 5.82. The van der Waals surface area contributed by atoms with Crippen molar-refractivity contribution in [2.75, 3.05) is 13.7 Å². The van der Waals surface area contributed by atoms with Gasteiger partial charge in [-0.05, 0) is 30.7 Å². The molecule has 1 N–H and O–H groups in total. The first-order chi connectivity index (χ1) is 13.5. The molecule has 0 saturated heterocycles. The zero-order chi connectivity index (χ0) is 20.8. The molecule has 0 heterocycles. The average molecular weight is 384 g/mol. The molecule has 1 aromatic carbocycles. The summed E-state index contributed by atoms with van der Waals surface area (Å²) in [7, 11) is 1.22. The van der Waals surface area contributed by atoms with Crippen LogP contribution in [0.2, 0.25) is 0 Å². The van der Waals surface area contributed by atoms with E-state index in [0.29, 0.717) is 18.9 Å². The summed E-state index contributed by atoms with van der Waals surface area (Å²) in [6.45, 7) is 6.28. The normalized spacial score (nSPS) is 12.2. The van der Waals surface area contributed by atoms with Crippen molar-refractivity contribution in [1.82, 2.24) is 5.32 Å².